The van der Waals surface area contributed by atoms with Gasteiger partial charge in [0.2, 0.25) is 0 Å². The molecule has 1 unspecified atom stereocenters. The first-order valence-electron chi connectivity index (χ1n) is 8.97. The molecule has 2 N–H and O–H groups in total. The van der Waals surface area contributed by atoms with E-state index < -0.39 is 0 Å². The molecule has 2 aromatic carbocycles. The van der Waals surface area contributed by atoms with Crippen molar-refractivity contribution >= 4 is 0 Å². The second-order valence-corrected chi connectivity index (χ2v) is 7.02. The molecule has 4 heteroatoms. The number of aryl methyl sites for hydroxylation is 2. The van der Waals surface area contributed by atoms with Gasteiger partial charge in [-0.25, -0.2) is 0 Å². The summed E-state index contributed by atoms with van der Waals surface area (Å²) >= 11 is 0. The summed E-state index contributed by atoms with van der Waals surface area (Å²) < 4.78 is 6.22. The van der Waals surface area contributed by atoms with E-state index >= 15 is 0 Å². The number of β-amino-alcohol motifs (C(OH)–C–C–N with tert-alkyl or cyclic N) is 1. The molecule has 0 aromatic heterocycles. The highest BCUT2D eigenvalue weighted by atomic mass is 16.5. The summed E-state index contributed by atoms with van der Waals surface area (Å²) in [4.78, 5) is 2.31. The van der Waals surface area contributed by atoms with E-state index in [1.807, 2.05) is 7.05 Å². The van der Waals surface area contributed by atoms with Crippen molar-refractivity contribution in [3.05, 3.63) is 58.7 Å². The Morgan fingerprint density at radius 1 is 1.20 bits per heavy atom. The lowest BCUT2D eigenvalue weighted by Gasteiger charge is -2.31. The Morgan fingerprint density at radius 2 is 1.96 bits per heavy atom. The van der Waals surface area contributed by atoms with Crippen LogP contribution >= 0.6 is 0 Å². The molecule has 0 amide bonds. The molecule has 134 valence electrons. The molecule has 1 atom stereocenters. The number of aliphatic hydroxyl groups excluding tert-OH is 1. The Morgan fingerprint density at radius 3 is 2.68 bits per heavy atom. The zero-order valence-electron chi connectivity index (χ0n) is 15.4. The number of hydrogen-bond acceptors (Lipinski definition) is 4. The van der Waals surface area contributed by atoms with Gasteiger partial charge < -0.3 is 15.2 Å². The van der Waals surface area contributed by atoms with Gasteiger partial charge in [0.25, 0.3) is 0 Å². The quantitative estimate of drug-likeness (QED) is 0.848. The highest BCUT2D eigenvalue weighted by Gasteiger charge is 2.21. The molecule has 0 radical (unpaired) electrons. The van der Waals surface area contributed by atoms with Crippen LogP contribution in [0.25, 0.3) is 0 Å². The molecule has 1 aliphatic heterocycles. The zero-order valence-corrected chi connectivity index (χ0v) is 15.4. The first-order valence-corrected chi connectivity index (χ1v) is 8.97. The Hall–Kier alpha value is -1.88. The molecular weight excluding hydrogens is 312 g/mol. The van der Waals surface area contributed by atoms with Crippen molar-refractivity contribution in [3.8, 4) is 11.5 Å². The molecule has 0 fully saturated rings. The molecule has 0 saturated carbocycles. The topological polar surface area (TPSA) is 44.7 Å². The number of ether oxygens (including phenoxy) is 1. The van der Waals surface area contributed by atoms with Crippen LogP contribution in [0.2, 0.25) is 0 Å². The van der Waals surface area contributed by atoms with Crippen LogP contribution in [0.1, 0.15) is 22.3 Å². The van der Waals surface area contributed by atoms with Crippen LogP contribution in [0.3, 0.4) is 0 Å². The molecule has 0 aliphatic carbocycles. The van der Waals surface area contributed by atoms with Crippen LogP contribution in [-0.2, 0) is 13.0 Å². The van der Waals surface area contributed by atoms with Crippen molar-refractivity contribution in [1.82, 2.24) is 10.2 Å². The number of rotatable bonds is 6. The molecule has 25 heavy (non-hydrogen) atoms. The maximum atomic E-state index is 10.0. The minimum absolute atomic E-state index is 0.332. The molecular formula is C21H28N2O2. The number of benzene rings is 2. The minimum atomic E-state index is -0.332. The van der Waals surface area contributed by atoms with Gasteiger partial charge in [0.1, 0.15) is 11.5 Å². The molecule has 0 bridgehead atoms. The first-order chi connectivity index (χ1) is 12.0. The predicted molar refractivity (Wildman–Crippen MR) is 101 cm³/mol. The lowest BCUT2D eigenvalue weighted by molar-refractivity contribution is 0.106. The summed E-state index contributed by atoms with van der Waals surface area (Å²) in [5.41, 5.74) is 5.01. The molecule has 3 rings (SSSR count). The van der Waals surface area contributed by atoms with E-state index in [2.05, 4.69) is 60.5 Å². The summed E-state index contributed by atoms with van der Waals surface area (Å²) in [6.45, 7) is 7.31. The van der Waals surface area contributed by atoms with Crippen molar-refractivity contribution in [2.24, 2.45) is 0 Å². The fraction of sp³-hybridized carbons (Fsp3) is 0.429. The lowest BCUT2D eigenvalue weighted by Crippen LogP contribution is -2.40. The fourth-order valence-electron chi connectivity index (χ4n) is 3.60. The number of hydrogen-bond donors (Lipinski definition) is 2. The monoisotopic (exact) mass is 340 g/mol. The Kier molecular flexibility index (Phi) is 5.74. The summed E-state index contributed by atoms with van der Waals surface area (Å²) in [5, 5.41) is 13.0. The summed E-state index contributed by atoms with van der Waals surface area (Å²) in [7, 11) is 1.87. The first kappa shape index (κ1) is 17.9. The van der Waals surface area contributed by atoms with Crippen molar-refractivity contribution in [3.63, 3.8) is 0 Å². The summed E-state index contributed by atoms with van der Waals surface area (Å²) in [5.74, 6) is 1.86. The standard InChI is InChI=1S/C21H28N2O2/c1-15-9-16(2)11-19(10-15)25-21-6-4-5-17-13-23(8-7-20(17)21)14-18(24)12-22-3/h4-6,9-11,18,22,24H,7-8,12-14H2,1-3H3. The van der Waals surface area contributed by atoms with E-state index in [9.17, 15) is 5.11 Å². The van der Waals surface area contributed by atoms with E-state index in [0.717, 1.165) is 31.0 Å². The van der Waals surface area contributed by atoms with Gasteiger partial charge in [-0.3, -0.25) is 4.90 Å². The highest BCUT2D eigenvalue weighted by Crippen LogP contribution is 2.32. The van der Waals surface area contributed by atoms with Crippen LogP contribution in [0.4, 0.5) is 0 Å². The third-order valence-electron chi connectivity index (χ3n) is 4.63. The largest absolute Gasteiger partial charge is 0.457 e. The SMILES string of the molecule is CNCC(O)CN1CCc2c(cccc2Oc2cc(C)cc(C)c2)C1. The number of nitrogens with one attached hydrogen (secondary N) is 1. The van der Waals surface area contributed by atoms with Crippen molar-refractivity contribution in [2.45, 2.75) is 32.9 Å². The van der Waals surface area contributed by atoms with E-state index in [0.29, 0.717) is 13.1 Å². The number of aliphatic hydroxyl groups is 1. The molecule has 2 aromatic rings. The van der Waals surface area contributed by atoms with Crippen LogP contribution in [0.15, 0.2) is 36.4 Å². The average molecular weight is 340 g/mol. The molecule has 0 saturated heterocycles. The van der Waals surface area contributed by atoms with Crippen LogP contribution in [0.5, 0.6) is 11.5 Å². The van der Waals surface area contributed by atoms with Gasteiger partial charge in [0, 0.05) is 31.7 Å². The normalized spacial score (nSPS) is 15.7. The summed E-state index contributed by atoms with van der Waals surface area (Å²) in [6, 6.07) is 12.6. The van der Waals surface area contributed by atoms with E-state index in [1.165, 1.54) is 22.3 Å². The van der Waals surface area contributed by atoms with Gasteiger partial charge in [0.05, 0.1) is 6.10 Å². The van der Waals surface area contributed by atoms with Crippen LogP contribution in [-0.4, -0.2) is 42.8 Å². The number of fused-ring (bicyclic) bond motifs is 1. The number of likely N-dealkylation sites (N-methyl/N-ethyl adjacent to an activating group) is 1. The van der Waals surface area contributed by atoms with Gasteiger partial charge in [-0.05, 0) is 62.2 Å². The second kappa shape index (κ2) is 8.00. The van der Waals surface area contributed by atoms with Crippen molar-refractivity contribution in [1.29, 1.82) is 0 Å². The molecule has 4 nitrogen and oxygen atoms in total. The van der Waals surface area contributed by atoms with Gasteiger partial charge in [-0.1, -0.05) is 18.2 Å². The second-order valence-electron chi connectivity index (χ2n) is 7.02. The van der Waals surface area contributed by atoms with E-state index in [4.69, 9.17) is 4.74 Å². The molecule has 0 spiro atoms. The predicted octanol–water partition coefficient (Wildman–Crippen LogP) is 3.03. The zero-order chi connectivity index (χ0) is 17.8. The Balaban J connectivity index is 1.75. The lowest BCUT2D eigenvalue weighted by atomic mass is 9.98. The number of nitrogens with zero attached hydrogens (tertiary/aromatic N) is 1. The van der Waals surface area contributed by atoms with E-state index in [-0.39, 0.29) is 6.10 Å². The van der Waals surface area contributed by atoms with Gasteiger partial charge >= 0.3 is 0 Å². The highest BCUT2D eigenvalue weighted by molar-refractivity contribution is 5.45. The van der Waals surface area contributed by atoms with E-state index in [1.54, 1.807) is 0 Å². The fourth-order valence-corrected chi connectivity index (χ4v) is 3.60. The van der Waals surface area contributed by atoms with Gasteiger partial charge in [-0.2, -0.15) is 0 Å². The maximum Gasteiger partial charge on any atom is 0.130 e. The molecule has 1 aliphatic rings. The summed E-state index contributed by atoms with van der Waals surface area (Å²) in [6.07, 6.45) is 0.615. The van der Waals surface area contributed by atoms with Gasteiger partial charge in [-0.15, -0.1) is 0 Å². The third kappa shape index (κ3) is 4.60. The maximum absolute atomic E-state index is 10.0. The van der Waals surface area contributed by atoms with Crippen LogP contribution in [0, 0.1) is 13.8 Å². The smallest absolute Gasteiger partial charge is 0.130 e. The van der Waals surface area contributed by atoms with Crippen molar-refractivity contribution in [2.75, 3.05) is 26.7 Å². The Bertz CT molecular complexity index is 710. The minimum Gasteiger partial charge on any atom is -0.457 e. The van der Waals surface area contributed by atoms with Gasteiger partial charge in [0.15, 0.2) is 0 Å². The average Bonchev–Trinajstić information content (AvgIpc) is 2.54. The van der Waals surface area contributed by atoms with Crippen molar-refractivity contribution < 1.29 is 9.84 Å². The third-order valence-corrected chi connectivity index (χ3v) is 4.63. The molecule has 1 heterocycles. The van der Waals surface area contributed by atoms with Crippen LogP contribution < -0.4 is 10.1 Å². The Labute approximate surface area is 150 Å².